The minimum atomic E-state index is -5.23. The van der Waals surface area contributed by atoms with E-state index in [-0.39, 0.29) is 29.4 Å². The van der Waals surface area contributed by atoms with E-state index in [0.717, 1.165) is 38.5 Å². The first kappa shape index (κ1) is 29.1. The molecule has 0 unspecified atom stereocenters. The van der Waals surface area contributed by atoms with Gasteiger partial charge in [-0.3, -0.25) is 19.7 Å². The molecule has 1 N–H and O–H groups in total. The Labute approximate surface area is 204 Å². The topological polar surface area (TPSA) is 125 Å². The quantitative estimate of drug-likeness (QED) is 0.232. The van der Waals surface area contributed by atoms with Crippen molar-refractivity contribution in [2.24, 2.45) is 0 Å². The van der Waals surface area contributed by atoms with Crippen molar-refractivity contribution < 1.29 is 55.1 Å². The van der Waals surface area contributed by atoms with Crippen LogP contribution in [0.2, 0.25) is 0 Å². The molecule has 0 aliphatic heterocycles. The highest BCUT2D eigenvalue weighted by Gasteiger charge is 2.39. The Morgan fingerprint density at radius 1 is 0.919 bits per heavy atom. The number of nitrogens with zero attached hydrogens (tertiary/aromatic N) is 1. The first-order chi connectivity index (χ1) is 17.1. The highest BCUT2D eigenvalue weighted by molar-refractivity contribution is 5.97. The van der Waals surface area contributed by atoms with Gasteiger partial charge in [-0.2, -0.15) is 26.3 Å². The van der Waals surface area contributed by atoms with E-state index in [2.05, 4.69) is 9.47 Å². The van der Waals surface area contributed by atoms with Gasteiger partial charge in [-0.25, -0.2) is 4.79 Å². The maximum atomic E-state index is 13.2. The van der Waals surface area contributed by atoms with Crippen LogP contribution in [-0.4, -0.2) is 43.0 Å². The van der Waals surface area contributed by atoms with Gasteiger partial charge in [0.25, 0.3) is 11.6 Å². The van der Waals surface area contributed by atoms with E-state index in [4.69, 9.17) is 0 Å². The fourth-order valence-corrected chi connectivity index (χ4v) is 3.30. The summed E-state index contributed by atoms with van der Waals surface area (Å²) in [5, 5.41) is 13.0. The molecule has 1 amide bonds. The summed E-state index contributed by atoms with van der Waals surface area (Å²) in [7, 11) is 1.89. The first-order valence-electron chi connectivity index (χ1n) is 10.1. The Bertz CT molecular complexity index is 1150. The molecule has 0 bridgehead atoms. The molecule has 0 spiro atoms. The molecule has 0 aromatic heterocycles. The fraction of sp³-hybridized carbons (Fsp3) is 0.318. The number of hydrogen-bond donors (Lipinski definition) is 1. The van der Waals surface area contributed by atoms with Crippen molar-refractivity contribution in [1.29, 1.82) is 0 Å². The summed E-state index contributed by atoms with van der Waals surface area (Å²) in [5.41, 5.74) is -4.88. The average molecular weight is 536 g/mol. The lowest BCUT2D eigenvalue weighted by Gasteiger charge is -2.26. The van der Waals surface area contributed by atoms with Crippen LogP contribution in [0, 0.1) is 10.1 Å². The normalized spacial score (nSPS) is 13.3. The van der Waals surface area contributed by atoms with E-state index in [1.165, 1.54) is 0 Å². The third kappa shape index (κ3) is 7.41. The number of hydrogen-bond acceptors (Lipinski definition) is 7. The second-order valence-corrected chi connectivity index (χ2v) is 7.50. The summed E-state index contributed by atoms with van der Waals surface area (Å²) in [4.78, 5) is 47.6. The van der Waals surface area contributed by atoms with Crippen LogP contribution in [0.3, 0.4) is 0 Å². The van der Waals surface area contributed by atoms with E-state index >= 15 is 0 Å². The molecule has 0 radical (unpaired) electrons. The maximum Gasteiger partial charge on any atom is 0.416 e. The molecular weight excluding hydrogens is 518 g/mol. The molecule has 2 atom stereocenters. The Morgan fingerprint density at radius 2 is 1.43 bits per heavy atom. The van der Waals surface area contributed by atoms with Gasteiger partial charge >= 0.3 is 24.3 Å². The third-order valence-corrected chi connectivity index (χ3v) is 5.14. The summed E-state index contributed by atoms with van der Waals surface area (Å²) in [6, 6.07) is 2.70. The Balaban J connectivity index is 2.57. The van der Waals surface area contributed by atoms with E-state index in [0.29, 0.717) is 0 Å². The van der Waals surface area contributed by atoms with Gasteiger partial charge in [0, 0.05) is 23.6 Å². The summed E-state index contributed by atoms with van der Waals surface area (Å²) in [6.07, 6.45) is -11.1. The van der Waals surface area contributed by atoms with E-state index in [1.807, 2.05) is 5.32 Å². The lowest BCUT2D eigenvalue weighted by atomic mass is 9.88. The summed E-state index contributed by atoms with van der Waals surface area (Å²) in [6.45, 7) is 0. The number of ether oxygens (including phenoxy) is 2. The maximum absolute atomic E-state index is 13.2. The molecule has 37 heavy (non-hydrogen) atoms. The first-order valence-corrected chi connectivity index (χ1v) is 10.1. The van der Waals surface area contributed by atoms with Crippen molar-refractivity contribution in [3.8, 4) is 0 Å². The monoisotopic (exact) mass is 536 g/mol. The van der Waals surface area contributed by atoms with Crippen molar-refractivity contribution in [3.63, 3.8) is 0 Å². The molecule has 0 aliphatic rings. The van der Waals surface area contributed by atoms with Gasteiger partial charge in [0.2, 0.25) is 0 Å². The van der Waals surface area contributed by atoms with Crippen LogP contribution in [0.15, 0.2) is 42.5 Å². The minimum absolute atomic E-state index is 0.0757. The molecule has 0 fully saturated rings. The standard InChI is InChI=1S/C22H18F6N2O7/c1-36-17(31)10-16(11-3-5-15(6-4-11)30(34)35)18(20(33)37-2)29-19(32)12-7-13(21(23,24)25)9-14(8-12)22(26,27)28/h3-9,16,18H,10H2,1-2H3,(H,29,32)/t16-,18+/m1/s1. The Kier molecular flexibility index (Phi) is 8.85. The molecule has 15 heteroatoms. The molecular formula is C22H18F6N2O7. The van der Waals surface area contributed by atoms with Gasteiger partial charge in [-0.1, -0.05) is 12.1 Å². The smallest absolute Gasteiger partial charge is 0.416 e. The second kappa shape index (κ2) is 11.3. The van der Waals surface area contributed by atoms with Crippen molar-refractivity contribution in [1.82, 2.24) is 5.32 Å². The summed E-state index contributed by atoms with van der Waals surface area (Å²) < 4.78 is 88.3. The van der Waals surface area contributed by atoms with E-state index in [1.54, 1.807) is 0 Å². The van der Waals surface area contributed by atoms with Gasteiger partial charge in [-0.15, -0.1) is 0 Å². The third-order valence-electron chi connectivity index (χ3n) is 5.14. The minimum Gasteiger partial charge on any atom is -0.469 e. The molecule has 200 valence electrons. The highest BCUT2D eigenvalue weighted by Crippen LogP contribution is 2.36. The Morgan fingerprint density at radius 3 is 1.84 bits per heavy atom. The van der Waals surface area contributed by atoms with Crippen molar-refractivity contribution >= 4 is 23.5 Å². The predicted octanol–water partition coefficient (Wildman–Crippen LogP) is 4.25. The largest absolute Gasteiger partial charge is 0.469 e. The number of alkyl halides is 6. The molecule has 2 rings (SSSR count). The number of nitro benzene ring substituents is 1. The van der Waals surface area contributed by atoms with Crippen LogP contribution in [0.25, 0.3) is 0 Å². The molecule has 0 aliphatic carbocycles. The van der Waals surface area contributed by atoms with Crippen LogP contribution in [0.4, 0.5) is 32.0 Å². The zero-order valence-corrected chi connectivity index (χ0v) is 19.0. The number of esters is 2. The van der Waals surface area contributed by atoms with Crippen LogP contribution >= 0.6 is 0 Å². The van der Waals surface area contributed by atoms with Gasteiger partial charge in [-0.05, 0) is 23.8 Å². The predicted molar refractivity (Wildman–Crippen MR) is 112 cm³/mol. The van der Waals surface area contributed by atoms with Crippen molar-refractivity contribution in [2.75, 3.05) is 14.2 Å². The zero-order valence-electron chi connectivity index (χ0n) is 19.0. The molecule has 0 saturated carbocycles. The second-order valence-electron chi connectivity index (χ2n) is 7.50. The fourth-order valence-electron chi connectivity index (χ4n) is 3.30. The number of nitro groups is 1. The molecule has 2 aromatic carbocycles. The number of carbonyl (C=O) groups excluding carboxylic acids is 3. The number of non-ortho nitro benzene ring substituents is 1. The molecule has 2 aromatic rings. The number of nitrogens with one attached hydrogen (secondary N) is 1. The number of methoxy groups -OCH3 is 2. The zero-order chi connectivity index (χ0) is 28.1. The van der Waals surface area contributed by atoms with Crippen molar-refractivity contribution in [3.05, 3.63) is 74.8 Å². The number of halogens is 6. The van der Waals surface area contributed by atoms with Gasteiger partial charge in [0.15, 0.2) is 0 Å². The molecule has 9 nitrogen and oxygen atoms in total. The summed E-state index contributed by atoms with van der Waals surface area (Å²) >= 11 is 0. The Hall–Kier alpha value is -4.17. The van der Waals surface area contributed by atoms with Gasteiger partial charge in [0.1, 0.15) is 6.04 Å². The number of benzene rings is 2. The highest BCUT2D eigenvalue weighted by atomic mass is 19.4. The van der Waals surface area contributed by atoms with Crippen LogP contribution in [-0.2, 0) is 31.4 Å². The van der Waals surface area contributed by atoms with Crippen LogP contribution in [0.5, 0.6) is 0 Å². The van der Waals surface area contributed by atoms with Crippen LogP contribution in [0.1, 0.15) is 39.4 Å². The number of amides is 1. The van der Waals surface area contributed by atoms with Gasteiger partial charge < -0.3 is 14.8 Å². The average Bonchev–Trinajstić information content (AvgIpc) is 2.83. The lowest BCUT2D eigenvalue weighted by Crippen LogP contribution is -2.46. The molecule has 0 heterocycles. The van der Waals surface area contributed by atoms with E-state index in [9.17, 15) is 50.8 Å². The SMILES string of the molecule is COC(=O)C[C@H](c1ccc([N+](=O)[O-])cc1)[C@H](NC(=O)c1cc(C(F)(F)F)cc(C(F)(F)F)c1)C(=O)OC. The summed E-state index contributed by atoms with van der Waals surface area (Å²) in [5.74, 6) is -4.96. The molecule has 0 saturated heterocycles. The number of carbonyl (C=O) groups is 3. The van der Waals surface area contributed by atoms with E-state index < -0.39 is 70.2 Å². The lowest BCUT2D eigenvalue weighted by molar-refractivity contribution is -0.384. The van der Waals surface area contributed by atoms with Crippen molar-refractivity contribution in [2.45, 2.75) is 30.7 Å². The van der Waals surface area contributed by atoms with Crippen LogP contribution < -0.4 is 5.32 Å². The van der Waals surface area contributed by atoms with Gasteiger partial charge in [0.05, 0.1) is 36.7 Å². The number of rotatable bonds is 8.